The Hall–Kier alpha value is -2.63. The summed E-state index contributed by atoms with van der Waals surface area (Å²) in [5.74, 6) is -1.00. The highest BCUT2D eigenvalue weighted by molar-refractivity contribution is 6.17. The zero-order valence-corrected chi connectivity index (χ0v) is 11.8. The number of benzene rings is 1. The van der Waals surface area contributed by atoms with Crippen molar-refractivity contribution in [1.82, 2.24) is 5.32 Å². The highest BCUT2D eigenvalue weighted by Gasteiger charge is 2.23. The molecular weight excluding hydrogens is 274 g/mol. The van der Waals surface area contributed by atoms with Gasteiger partial charge in [0, 0.05) is 17.2 Å². The van der Waals surface area contributed by atoms with E-state index in [1.807, 2.05) is 25.1 Å². The van der Waals surface area contributed by atoms with E-state index in [1.165, 1.54) is 0 Å². The van der Waals surface area contributed by atoms with Gasteiger partial charge in [-0.2, -0.15) is 0 Å². The summed E-state index contributed by atoms with van der Waals surface area (Å²) in [6.07, 6.45) is 0.877. The Morgan fingerprint density at radius 1 is 1.29 bits per heavy atom. The van der Waals surface area contributed by atoms with Crippen LogP contribution in [0.4, 0.5) is 0 Å². The number of hydrogen-bond acceptors (Lipinski definition) is 5. The molecule has 0 aliphatic carbocycles. The minimum Gasteiger partial charge on any atom is -0.496 e. The van der Waals surface area contributed by atoms with Crippen LogP contribution in [0.2, 0.25) is 0 Å². The first-order valence-electron chi connectivity index (χ1n) is 6.34. The standard InChI is InChI=1S/C15H15NO5/c1-9-3-4-10(12(5-9)20-2)8-21-14(18)7-11-6-13(17)16-15(11)19/h3-6H,7-8H2,1-2H3,(H,16,17,19). The molecule has 6 heteroatoms. The third-order valence-corrected chi connectivity index (χ3v) is 3.00. The molecule has 0 saturated heterocycles. The van der Waals surface area contributed by atoms with Crippen LogP contribution in [0.15, 0.2) is 29.8 Å². The summed E-state index contributed by atoms with van der Waals surface area (Å²) in [6.45, 7) is 1.98. The molecule has 0 spiro atoms. The van der Waals surface area contributed by atoms with Crippen molar-refractivity contribution in [3.8, 4) is 5.75 Å². The summed E-state index contributed by atoms with van der Waals surface area (Å²) in [5.41, 5.74) is 1.88. The number of amides is 2. The second kappa shape index (κ2) is 6.21. The lowest BCUT2D eigenvalue weighted by molar-refractivity contribution is -0.144. The van der Waals surface area contributed by atoms with Crippen LogP contribution in [0.1, 0.15) is 17.5 Å². The van der Waals surface area contributed by atoms with Gasteiger partial charge in [-0.25, -0.2) is 0 Å². The third kappa shape index (κ3) is 3.68. The van der Waals surface area contributed by atoms with Gasteiger partial charge < -0.3 is 9.47 Å². The van der Waals surface area contributed by atoms with Gasteiger partial charge >= 0.3 is 5.97 Å². The fourth-order valence-electron chi connectivity index (χ4n) is 1.92. The Balaban J connectivity index is 1.94. The van der Waals surface area contributed by atoms with Crippen molar-refractivity contribution in [2.45, 2.75) is 20.0 Å². The fourth-order valence-corrected chi connectivity index (χ4v) is 1.92. The number of carbonyl (C=O) groups is 3. The maximum atomic E-state index is 11.7. The van der Waals surface area contributed by atoms with Gasteiger partial charge in [-0.15, -0.1) is 0 Å². The van der Waals surface area contributed by atoms with E-state index in [2.05, 4.69) is 5.32 Å². The molecule has 1 heterocycles. The van der Waals surface area contributed by atoms with Crippen LogP contribution in [0.25, 0.3) is 0 Å². The average Bonchev–Trinajstić information content (AvgIpc) is 2.75. The molecule has 1 aromatic rings. The van der Waals surface area contributed by atoms with E-state index in [-0.39, 0.29) is 18.6 Å². The summed E-state index contributed by atoms with van der Waals surface area (Å²) in [7, 11) is 1.54. The molecule has 2 rings (SSSR count). The lowest BCUT2D eigenvalue weighted by Crippen LogP contribution is -2.23. The van der Waals surface area contributed by atoms with Gasteiger partial charge in [-0.05, 0) is 18.6 Å². The number of hydrogen-bond donors (Lipinski definition) is 1. The fraction of sp³-hybridized carbons (Fsp3) is 0.267. The largest absolute Gasteiger partial charge is 0.496 e. The molecule has 0 unspecified atom stereocenters. The number of esters is 1. The predicted molar refractivity (Wildman–Crippen MR) is 73.4 cm³/mol. The van der Waals surface area contributed by atoms with Gasteiger partial charge in [0.25, 0.3) is 11.8 Å². The van der Waals surface area contributed by atoms with E-state index in [0.29, 0.717) is 5.75 Å². The molecule has 6 nitrogen and oxygen atoms in total. The molecule has 1 aliphatic rings. The Morgan fingerprint density at radius 3 is 2.67 bits per heavy atom. The second-order valence-electron chi connectivity index (χ2n) is 4.64. The van der Waals surface area contributed by atoms with Crippen LogP contribution in [0, 0.1) is 6.92 Å². The van der Waals surface area contributed by atoms with Crippen LogP contribution >= 0.6 is 0 Å². The molecule has 0 fully saturated rings. The molecule has 1 aromatic carbocycles. The Bertz CT molecular complexity index is 633. The molecule has 21 heavy (non-hydrogen) atoms. The van der Waals surface area contributed by atoms with Crippen LogP contribution < -0.4 is 10.1 Å². The number of carbonyl (C=O) groups excluding carboxylic acids is 3. The third-order valence-electron chi connectivity index (χ3n) is 3.00. The van der Waals surface area contributed by atoms with Crippen LogP contribution in [-0.4, -0.2) is 24.9 Å². The van der Waals surface area contributed by atoms with Crippen molar-refractivity contribution in [3.05, 3.63) is 41.0 Å². The van der Waals surface area contributed by atoms with E-state index >= 15 is 0 Å². The summed E-state index contributed by atoms with van der Waals surface area (Å²) in [4.78, 5) is 34.0. The van der Waals surface area contributed by atoms with Gasteiger partial charge in [0.15, 0.2) is 0 Å². The molecule has 0 aromatic heterocycles. The molecule has 2 amide bonds. The molecule has 0 atom stereocenters. The van der Waals surface area contributed by atoms with Crippen LogP contribution in [-0.2, 0) is 25.7 Å². The van der Waals surface area contributed by atoms with Gasteiger partial charge in [-0.1, -0.05) is 12.1 Å². The topological polar surface area (TPSA) is 81.7 Å². The normalized spacial score (nSPS) is 13.7. The van der Waals surface area contributed by atoms with Crippen molar-refractivity contribution in [2.75, 3.05) is 7.11 Å². The molecule has 0 bridgehead atoms. The highest BCUT2D eigenvalue weighted by Crippen LogP contribution is 2.21. The smallest absolute Gasteiger partial charge is 0.310 e. The summed E-state index contributed by atoms with van der Waals surface area (Å²) >= 11 is 0. The van der Waals surface area contributed by atoms with Crippen LogP contribution in [0.3, 0.4) is 0 Å². The maximum absolute atomic E-state index is 11.7. The number of aryl methyl sites for hydroxylation is 1. The number of methoxy groups -OCH3 is 1. The average molecular weight is 289 g/mol. The van der Waals surface area contributed by atoms with Crippen molar-refractivity contribution in [1.29, 1.82) is 0 Å². The quantitative estimate of drug-likeness (QED) is 0.646. The number of imide groups is 1. The van der Waals surface area contributed by atoms with E-state index in [1.54, 1.807) is 7.11 Å². The second-order valence-corrected chi connectivity index (χ2v) is 4.64. The minimum atomic E-state index is -0.575. The SMILES string of the molecule is COc1cc(C)ccc1COC(=O)CC1=CC(=O)NC1=O. The van der Waals surface area contributed by atoms with E-state index in [9.17, 15) is 14.4 Å². The Labute approximate surface area is 121 Å². The highest BCUT2D eigenvalue weighted by atomic mass is 16.5. The Kier molecular flexibility index (Phi) is 4.37. The number of ether oxygens (including phenoxy) is 2. The first-order valence-corrected chi connectivity index (χ1v) is 6.34. The van der Waals surface area contributed by atoms with E-state index in [0.717, 1.165) is 17.2 Å². The molecule has 0 saturated carbocycles. The first-order chi connectivity index (χ1) is 9.99. The van der Waals surface area contributed by atoms with E-state index < -0.39 is 17.8 Å². The summed E-state index contributed by atoms with van der Waals surface area (Å²) in [5, 5.41) is 2.07. The van der Waals surface area contributed by atoms with Gasteiger partial charge in [0.05, 0.1) is 13.5 Å². The van der Waals surface area contributed by atoms with Crippen LogP contribution in [0.5, 0.6) is 5.75 Å². The van der Waals surface area contributed by atoms with Crippen molar-refractivity contribution >= 4 is 17.8 Å². The van der Waals surface area contributed by atoms with Crippen molar-refractivity contribution in [3.63, 3.8) is 0 Å². The first kappa shape index (κ1) is 14.8. The van der Waals surface area contributed by atoms with Crippen molar-refractivity contribution in [2.24, 2.45) is 0 Å². The summed E-state index contributed by atoms with van der Waals surface area (Å²) < 4.78 is 10.3. The molecule has 0 radical (unpaired) electrons. The van der Waals surface area contributed by atoms with Gasteiger partial charge in [0.2, 0.25) is 0 Å². The zero-order chi connectivity index (χ0) is 15.4. The van der Waals surface area contributed by atoms with E-state index in [4.69, 9.17) is 9.47 Å². The summed E-state index contributed by atoms with van der Waals surface area (Å²) in [6, 6.07) is 5.54. The predicted octanol–water partition coefficient (Wildman–Crippen LogP) is 1.02. The van der Waals surface area contributed by atoms with Gasteiger partial charge in [0.1, 0.15) is 12.4 Å². The monoisotopic (exact) mass is 289 g/mol. The lowest BCUT2D eigenvalue weighted by atomic mass is 10.1. The van der Waals surface area contributed by atoms with Gasteiger partial charge in [-0.3, -0.25) is 19.7 Å². The molecular formula is C15H15NO5. The lowest BCUT2D eigenvalue weighted by Gasteiger charge is -2.10. The molecule has 1 N–H and O–H groups in total. The minimum absolute atomic E-state index is 0.0468. The molecule has 1 aliphatic heterocycles. The maximum Gasteiger partial charge on any atom is 0.310 e. The van der Waals surface area contributed by atoms with Crippen molar-refractivity contribution < 1.29 is 23.9 Å². The number of nitrogens with one attached hydrogen (secondary N) is 1. The Morgan fingerprint density at radius 2 is 2.05 bits per heavy atom. The molecule has 110 valence electrons. The number of rotatable bonds is 5. The zero-order valence-electron chi connectivity index (χ0n) is 11.8.